The highest BCUT2D eigenvalue weighted by atomic mass is 79.9. The minimum absolute atomic E-state index is 0.212. The molecule has 0 aliphatic heterocycles. The number of rotatable bonds is 4. The van der Waals surface area contributed by atoms with E-state index in [9.17, 15) is 9.59 Å². The Hall–Kier alpha value is -2.41. The first-order valence-corrected chi connectivity index (χ1v) is 7.29. The lowest BCUT2D eigenvalue weighted by atomic mass is 10.3. The van der Waals surface area contributed by atoms with Crippen LogP contribution in [0, 0.1) is 0 Å². The number of hydrazine groups is 1. The predicted molar refractivity (Wildman–Crippen MR) is 84.1 cm³/mol. The summed E-state index contributed by atoms with van der Waals surface area (Å²) >= 11 is 3.32. The third-order valence-electron chi connectivity index (χ3n) is 2.69. The van der Waals surface area contributed by atoms with Crippen molar-refractivity contribution >= 4 is 27.7 Å². The summed E-state index contributed by atoms with van der Waals surface area (Å²) in [6, 6.07) is 12.0. The molecule has 2 amide bonds. The zero-order valence-corrected chi connectivity index (χ0v) is 13.3. The van der Waals surface area contributed by atoms with Gasteiger partial charge in [-0.3, -0.25) is 25.4 Å². The van der Waals surface area contributed by atoms with Crippen molar-refractivity contribution in [3.05, 3.63) is 58.8 Å². The normalized spacial score (nSPS) is 11.4. The van der Waals surface area contributed by atoms with Crippen LogP contribution in [0.25, 0.3) is 0 Å². The first kappa shape index (κ1) is 16.0. The number of halogens is 1. The molecule has 2 aromatic rings. The molecule has 22 heavy (non-hydrogen) atoms. The monoisotopic (exact) mass is 363 g/mol. The first-order valence-electron chi connectivity index (χ1n) is 6.49. The van der Waals surface area contributed by atoms with Crippen molar-refractivity contribution in [1.82, 2.24) is 15.8 Å². The van der Waals surface area contributed by atoms with E-state index in [1.165, 1.54) is 6.20 Å². The van der Waals surface area contributed by atoms with Crippen LogP contribution in [0.2, 0.25) is 0 Å². The lowest BCUT2D eigenvalue weighted by Crippen LogP contribution is -2.47. The fourth-order valence-electron chi connectivity index (χ4n) is 1.55. The fraction of sp³-hybridized carbons (Fsp3) is 0.133. The van der Waals surface area contributed by atoms with Crippen molar-refractivity contribution in [3.63, 3.8) is 0 Å². The third kappa shape index (κ3) is 4.56. The number of nitrogens with one attached hydrogen (secondary N) is 2. The van der Waals surface area contributed by atoms with E-state index in [1.807, 2.05) is 12.1 Å². The van der Waals surface area contributed by atoms with Crippen LogP contribution in [0.1, 0.15) is 17.4 Å². The number of aromatic nitrogens is 1. The summed E-state index contributed by atoms with van der Waals surface area (Å²) in [5, 5.41) is 0. The molecule has 114 valence electrons. The molecule has 1 atom stereocenters. The summed E-state index contributed by atoms with van der Waals surface area (Å²) in [5.74, 6) is -0.404. The van der Waals surface area contributed by atoms with Gasteiger partial charge in [0.15, 0.2) is 6.10 Å². The van der Waals surface area contributed by atoms with Crippen LogP contribution in [0.15, 0.2) is 53.1 Å². The van der Waals surface area contributed by atoms with Crippen molar-refractivity contribution in [3.8, 4) is 5.75 Å². The Labute approximate surface area is 136 Å². The molecule has 0 saturated carbocycles. The number of hydrogen-bond acceptors (Lipinski definition) is 4. The van der Waals surface area contributed by atoms with Crippen LogP contribution in [0.5, 0.6) is 5.75 Å². The van der Waals surface area contributed by atoms with Gasteiger partial charge in [-0.1, -0.05) is 22.0 Å². The topological polar surface area (TPSA) is 80.3 Å². The summed E-state index contributed by atoms with van der Waals surface area (Å²) in [7, 11) is 0. The average molecular weight is 364 g/mol. The second-order valence-electron chi connectivity index (χ2n) is 4.37. The molecule has 1 heterocycles. The average Bonchev–Trinajstić information content (AvgIpc) is 2.55. The number of hydrogen-bond donors (Lipinski definition) is 2. The minimum Gasteiger partial charge on any atom is -0.481 e. The summed E-state index contributed by atoms with van der Waals surface area (Å²) in [6.07, 6.45) is 0.737. The molecule has 0 aliphatic rings. The van der Waals surface area contributed by atoms with Crippen LogP contribution in [-0.4, -0.2) is 22.9 Å². The molecule has 0 bridgehead atoms. The van der Waals surface area contributed by atoms with Crippen molar-refractivity contribution in [2.24, 2.45) is 0 Å². The highest BCUT2D eigenvalue weighted by Crippen LogP contribution is 2.17. The molecule has 7 heteroatoms. The molecule has 0 fully saturated rings. The maximum atomic E-state index is 11.9. The minimum atomic E-state index is -0.759. The molecule has 0 spiro atoms. The Balaban J connectivity index is 1.84. The lowest BCUT2D eigenvalue weighted by molar-refractivity contribution is -0.128. The number of nitrogens with zero attached hydrogens (tertiary/aromatic N) is 1. The summed E-state index contributed by atoms with van der Waals surface area (Å²) in [4.78, 5) is 27.5. The van der Waals surface area contributed by atoms with Gasteiger partial charge in [0, 0.05) is 10.7 Å². The van der Waals surface area contributed by atoms with Gasteiger partial charge in [-0.15, -0.1) is 0 Å². The van der Waals surface area contributed by atoms with Gasteiger partial charge in [-0.05, 0) is 43.3 Å². The SMILES string of the molecule is C[C@H](Oc1ccc(Br)cc1)C(=O)NNC(=O)c1ccccn1. The van der Waals surface area contributed by atoms with Gasteiger partial charge >= 0.3 is 0 Å². The van der Waals surface area contributed by atoms with E-state index >= 15 is 0 Å². The van der Waals surface area contributed by atoms with Gasteiger partial charge in [0.1, 0.15) is 11.4 Å². The van der Waals surface area contributed by atoms with Crippen molar-refractivity contribution in [2.45, 2.75) is 13.0 Å². The van der Waals surface area contributed by atoms with Crippen LogP contribution >= 0.6 is 15.9 Å². The van der Waals surface area contributed by atoms with E-state index in [0.717, 1.165) is 4.47 Å². The molecule has 0 saturated heterocycles. The summed E-state index contributed by atoms with van der Waals surface area (Å²) < 4.78 is 6.39. The van der Waals surface area contributed by atoms with Gasteiger partial charge in [0.2, 0.25) is 0 Å². The second-order valence-corrected chi connectivity index (χ2v) is 5.29. The molecule has 2 rings (SSSR count). The zero-order chi connectivity index (χ0) is 15.9. The maximum Gasteiger partial charge on any atom is 0.288 e. The number of amides is 2. The maximum absolute atomic E-state index is 11.9. The molecular weight excluding hydrogens is 350 g/mol. The summed E-state index contributed by atoms with van der Waals surface area (Å²) in [6.45, 7) is 1.59. The van der Waals surface area contributed by atoms with Crippen molar-refractivity contribution < 1.29 is 14.3 Å². The Bertz CT molecular complexity index is 647. The molecule has 0 radical (unpaired) electrons. The molecule has 2 N–H and O–H groups in total. The van der Waals surface area contributed by atoms with Gasteiger partial charge in [0.05, 0.1) is 0 Å². The number of carbonyl (C=O) groups is 2. The quantitative estimate of drug-likeness (QED) is 0.814. The van der Waals surface area contributed by atoms with Crippen LogP contribution in [0.3, 0.4) is 0 Å². The number of ether oxygens (including phenoxy) is 1. The molecule has 1 aromatic carbocycles. The molecule has 1 aromatic heterocycles. The van der Waals surface area contributed by atoms with E-state index in [2.05, 4.69) is 31.8 Å². The van der Waals surface area contributed by atoms with E-state index in [-0.39, 0.29) is 5.69 Å². The highest BCUT2D eigenvalue weighted by Gasteiger charge is 2.16. The van der Waals surface area contributed by atoms with Crippen LogP contribution < -0.4 is 15.6 Å². The Kier molecular flexibility index (Phi) is 5.48. The van der Waals surface area contributed by atoms with E-state index in [4.69, 9.17) is 4.74 Å². The molecule has 6 nitrogen and oxygen atoms in total. The Morgan fingerprint density at radius 3 is 2.50 bits per heavy atom. The van der Waals surface area contributed by atoms with E-state index < -0.39 is 17.9 Å². The number of benzene rings is 1. The van der Waals surface area contributed by atoms with Crippen LogP contribution in [-0.2, 0) is 4.79 Å². The Morgan fingerprint density at radius 2 is 1.86 bits per heavy atom. The van der Waals surface area contributed by atoms with Crippen molar-refractivity contribution in [2.75, 3.05) is 0 Å². The fourth-order valence-corrected chi connectivity index (χ4v) is 1.82. The number of pyridine rings is 1. The van der Waals surface area contributed by atoms with Gasteiger partial charge < -0.3 is 4.74 Å². The second kappa shape index (κ2) is 7.56. The van der Waals surface area contributed by atoms with Gasteiger partial charge in [0.25, 0.3) is 11.8 Å². The molecular formula is C15H14BrN3O3. The molecule has 0 aliphatic carbocycles. The summed E-state index contributed by atoms with van der Waals surface area (Å²) in [5.41, 5.74) is 4.80. The van der Waals surface area contributed by atoms with E-state index in [0.29, 0.717) is 5.75 Å². The highest BCUT2D eigenvalue weighted by molar-refractivity contribution is 9.10. The van der Waals surface area contributed by atoms with Crippen molar-refractivity contribution in [1.29, 1.82) is 0 Å². The van der Waals surface area contributed by atoms with Gasteiger partial charge in [-0.2, -0.15) is 0 Å². The van der Waals surface area contributed by atoms with E-state index in [1.54, 1.807) is 37.3 Å². The van der Waals surface area contributed by atoms with Crippen LogP contribution in [0.4, 0.5) is 0 Å². The smallest absolute Gasteiger partial charge is 0.288 e. The first-order chi connectivity index (χ1) is 10.6. The Morgan fingerprint density at radius 1 is 1.14 bits per heavy atom. The lowest BCUT2D eigenvalue weighted by Gasteiger charge is -2.15. The van der Waals surface area contributed by atoms with Gasteiger partial charge in [-0.25, -0.2) is 0 Å². The predicted octanol–water partition coefficient (Wildman–Crippen LogP) is 2.07. The largest absolute Gasteiger partial charge is 0.481 e. The standard InChI is InChI=1S/C15H14BrN3O3/c1-10(22-12-7-5-11(16)6-8-12)14(20)18-19-15(21)13-4-2-3-9-17-13/h2-10H,1H3,(H,18,20)(H,19,21)/t10-/m0/s1. The zero-order valence-electron chi connectivity index (χ0n) is 11.7. The third-order valence-corrected chi connectivity index (χ3v) is 3.22. The molecule has 0 unspecified atom stereocenters. The number of carbonyl (C=O) groups excluding carboxylic acids is 2.